The van der Waals surface area contributed by atoms with Crippen molar-refractivity contribution in [1.29, 1.82) is 0 Å². The predicted molar refractivity (Wildman–Crippen MR) is 195 cm³/mol. The van der Waals surface area contributed by atoms with Gasteiger partial charge in [-0.2, -0.15) is 0 Å². The monoisotopic (exact) mass is 644 g/mol. The Bertz CT molecular complexity index is 849. The molecule has 0 rings (SSSR count). The number of rotatable bonds is 32. The van der Waals surface area contributed by atoms with Crippen LogP contribution in [0.4, 0.5) is 0 Å². The maximum absolute atomic E-state index is 12.2. The van der Waals surface area contributed by atoms with Crippen LogP contribution in [0.25, 0.3) is 0 Å². The lowest BCUT2D eigenvalue weighted by Gasteiger charge is -2.24. The Hall–Kier alpha value is -2.02. The molecule has 0 heterocycles. The van der Waals surface area contributed by atoms with E-state index in [9.17, 15) is 9.59 Å². The first-order valence-electron chi connectivity index (χ1n) is 19.2. The minimum atomic E-state index is -0.0661. The van der Waals surface area contributed by atoms with E-state index in [4.69, 9.17) is 9.47 Å². The molecule has 0 aliphatic carbocycles. The van der Waals surface area contributed by atoms with Crippen LogP contribution in [0.2, 0.25) is 0 Å². The van der Waals surface area contributed by atoms with E-state index in [2.05, 4.69) is 63.5 Å². The van der Waals surface area contributed by atoms with Gasteiger partial charge in [-0.25, -0.2) is 0 Å². The van der Waals surface area contributed by atoms with Crippen LogP contribution in [-0.2, 0) is 19.1 Å². The second-order valence-corrected chi connectivity index (χ2v) is 13.7. The van der Waals surface area contributed by atoms with Gasteiger partial charge in [-0.15, -0.1) is 0 Å². The van der Waals surface area contributed by atoms with Crippen molar-refractivity contribution in [1.82, 2.24) is 4.90 Å². The Morgan fingerprint density at radius 2 is 1.13 bits per heavy atom. The van der Waals surface area contributed by atoms with Gasteiger partial charge < -0.3 is 14.4 Å². The maximum atomic E-state index is 12.2. The first-order chi connectivity index (χ1) is 22.3. The zero-order valence-electron chi connectivity index (χ0n) is 31.0. The van der Waals surface area contributed by atoms with Crippen molar-refractivity contribution >= 4 is 11.9 Å². The second kappa shape index (κ2) is 32.9. The van der Waals surface area contributed by atoms with Gasteiger partial charge in [0.25, 0.3) is 0 Å². The predicted octanol–water partition coefficient (Wildman–Crippen LogP) is 11.3. The molecule has 5 heteroatoms. The molecule has 0 aromatic carbocycles. The highest BCUT2D eigenvalue weighted by Crippen LogP contribution is 2.19. The lowest BCUT2D eigenvalue weighted by Crippen LogP contribution is -2.27. The molecular weight excluding hydrogens is 570 g/mol. The fourth-order valence-corrected chi connectivity index (χ4v) is 5.93. The summed E-state index contributed by atoms with van der Waals surface area (Å²) in [5, 5.41) is 0. The van der Waals surface area contributed by atoms with E-state index in [1.807, 2.05) is 6.08 Å². The lowest BCUT2D eigenvalue weighted by molar-refractivity contribution is -0.145. The van der Waals surface area contributed by atoms with Gasteiger partial charge in [0, 0.05) is 18.9 Å². The number of hydrogen-bond acceptors (Lipinski definition) is 5. The molecule has 0 aliphatic rings. The molecule has 0 aromatic heterocycles. The summed E-state index contributed by atoms with van der Waals surface area (Å²) in [6, 6.07) is 0.637. The second-order valence-electron chi connectivity index (χ2n) is 13.7. The van der Waals surface area contributed by atoms with Gasteiger partial charge in [0.15, 0.2) is 0 Å². The molecule has 0 N–H and O–H groups in total. The largest absolute Gasteiger partial charge is 0.466 e. The zero-order valence-corrected chi connectivity index (χ0v) is 31.0. The number of esters is 2. The third kappa shape index (κ3) is 29.4. The summed E-state index contributed by atoms with van der Waals surface area (Å²) in [6.07, 6.45) is 28.6. The summed E-state index contributed by atoms with van der Waals surface area (Å²) in [7, 11) is 4.40. The molecule has 3 unspecified atom stereocenters. The summed E-state index contributed by atoms with van der Waals surface area (Å²) in [6.45, 7) is 11.3. The fraction of sp³-hybridized carbons (Fsp3) is 0.829. The van der Waals surface area contributed by atoms with Crippen LogP contribution in [0.1, 0.15) is 175 Å². The summed E-state index contributed by atoms with van der Waals surface area (Å²) in [4.78, 5) is 26.6. The van der Waals surface area contributed by atoms with Gasteiger partial charge in [-0.05, 0) is 89.3 Å². The van der Waals surface area contributed by atoms with Crippen molar-refractivity contribution in [3.63, 3.8) is 0 Å². The normalized spacial score (nSPS) is 12.9. The van der Waals surface area contributed by atoms with Crippen molar-refractivity contribution in [2.75, 3.05) is 27.3 Å². The van der Waals surface area contributed by atoms with E-state index in [1.165, 1.54) is 96.3 Å². The molecule has 0 saturated carbocycles. The highest BCUT2D eigenvalue weighted by Gasteiger charge is 2.12. The van der Waals surface area contributed by atoms with Crippen LogP contribution in [0, 0.1) is 11.8 Å². The summed E-state index contributed by atoms with van der Waals surface area (Å²) in [5.74, 6) is 0.921. The SMILES string of the molecule is C=C=C=C=CC(CCCCC)CCOC(=O)CCCCCCCC(CCCCCCCC(=O)OCCC(C)CCCCC)N(C)C. The quantitative estimate of drug-likeness (QED) is 0.0415. The van der Waals surface area contributed by atoms with Gasteiger partial charge in [0.05, 0.1) is 13.2 Å². The van der Waals surface area contributed by atoms with Gasteiger partial charge in [0.2, 0.25) is 0 Å². The molecule has 46 heavy (non-hydrogen) atoms. The van der Waals surface area contributed by atoms with E-state index >= 15 is 0 Å². The van der Waals surface area contributed by atoms with Crippen LogP contribution >= 0.6 is 0 Å². The van der Waals surface area contributed by atoms with Gasteiger partial charge in [-0.1, -0.05) is 129 Å². The third-order valence-corrected chi connectivity index (χ3v) is 9.15. The van der Waals surface area contributed by atoms with Crippen molar-refractivity contribution < 1.29 is 19.1 Å². The number of carbonyl (C=O) groups excluding carboxylic acids is 2. The molecule has 0 saturated heterocycles. The Morgan fingerprint density at radius 3 is 1.65 bits per heavy atom. The van der Waals surface area contributed by atoms with Crippen LogP contribution in [0.15, 0.2) is 29.8 Å². The number of carbonyl (C=O) groups is 2. The molecule has 0 aliphatic heterocycles. The molecular formula is C41H73NO4. The average Bonchev–Trinajstić information content (AvgIpc) is 3.02. The summed E-state index contributed by atoms with van der Waals surface area (Å²) >= 11 is 0. The number of allylic oxidation sites excluding steroid dienone is 1. The third-order valence-electron chi connectivity index (χ3n) is 9.15. The number of ether oxygens (including phenoxy) is 2. The van der Waals surface area contributed by atoms with Crippen molar-refractivity contribution in [2.45, 2.75) is 181 Å². The molecule has 0 amide bonds. The Kier molecular flexibility index (Phi) is 31.5. The van der Waals surface area contributed by atoms with E-state index in [1.54, 1.807) is 0 Å². The maximum Gasteiger partial charge on any atom is 0.305 e. The molecule has 0 radical (unpaired) electrons. The Labute approximate surface area is 285 Å². The molecule has 0 spiro atoms. The van der Waals surface area contributed by atoms with Gasteiger partial charge >= 0.3 is 11.9 Å². The van der Waals surface area contributed by atoms with Gasteiger partial charge in [0.1, 0.15) is 0 Å². The Morgan fingerprint density at radius 1 is 0.652 bits per heavy atom. The fourth-order valence-electron chi connectivity index (χ4n) is 5.93. The smallest absolute Gasteiger partial charge is 0.305 e. The van der Waals surface area contributed by atoms with Gasteiger partial charge in [-0.3, -0.25) is 9.59 Å². The minimum absolute atomic E-state index is 0.0188. The molecule has 5 nitrogen and oxygen atoms in total. The average molecular weight is 644 g/mol. The summed E-state index contributed by atoms with van der Waals surface area (Å²) in [5.41, 5.74) is 8.37. The van der Waals surface area contributed by atoms with Crippen molar-refractivity contribution in [3.8, 4) is 0 Å². The zero-order chi connectivity index (χ0) is 34.1. The van der Waals surface area contributed by atoms with E-state index in [0.29, 0.717) is 43.9 Å². The molecule has 0 bridgehead atoms. The summed E-state index contributed by atoms with van der Waals surface area (Å²) < 4.78 is 11.0. The minimum Gasteiger partial charge on any atom is -0.466 e. The van der Waals surface area contributed by atoms with E-state index in [0.717, 1.165) is 44.9 Å². The molecule has 0 fully saturated rings. The molecule has 0 aromatic rings. The van der Waals surface area contributed by atoms with Crippen LogP contribution < -0.4 is 0 Å². The molecule has 266 valence electrons. The van der Waals surface area contributed by atoms with Crippen molar-refractivity contribution in [2.24, 2.45) is 11.8 Å². The van der Waals surface area contributed by atoms with Crippen LogP contribution in [-0.4, -0.2) is 50.2 Å². The van der Waals surface area contributed by atoms with Crippen LogP contribution in [0.5, 0.6) is 0 Å². The number of nitrogens with zero attached hydrogens (tertiary/aromatic N) is 1. The standard InChI is InChI=1S/C41H73NO4/c1-7-10-19-26-37(4)33-35-45-40(43)31-24-17-13-15-22-29-39(42(5)6)30-23-16-14-18-25-32-41(44)46-36-34-38(27-20-11-8-2)28-21-12-9-3/h27,37-39H,2,7,9-10,12-19,21-26,28-36H2,1,3-6H3. The van der Waals surface area contributed by atoms with E-state index in [-0.39, 0.29) is 11.9 Å². The first kappa shape index (κ1) is 44.0. The topological polar surface area (TPSA) is 55.8 Å². The first-order valence-corrected chi connectivity index (χ1v) is 19.2. The highest BCUT2D eigenvalue weighted by atomic mass is 16.5. The molecule has 3 atom stereocenters. The van der Waals surface area contributed by atoms with E-state index < -0.39 is 0 Å². The van der Waals surface area contributed by atoms with Crippen LogP contribution in [0.3, 0.4) is 0 Å². The number of hydrogen-bond donors (Lipinski definition) is 0. The Balaban J connectivity index is 3.85. The number of unbranched alkanes of at least 4 members (excludes halogenated alkanes) is 12. The lowest BCUT2D eigenvalue weighted by atomic mass is 9.98. The van der Waals surface area contributed by atoms with Crippen molar-refractivity contribution in [3.05, 3.63) is 29.8 Å². The highest BCUT2D eigenvalue weighted by molar-refractivity contribution is 5.69.